The van der Waals surface area contributed by atoms with E-state index >= 15 is 0 Å². The Hall–Kier alpha value is -3.46. The molecule has 0 aliphatic carbocycles. The number of para-hydroxylation sites is 1. The fraction of sp³-hybridized carbons (Fsp3) is 0.150. The van der Waals surface area contributed by atoms with Gasteiger partial charge in [0.25, 0.3) is 11.1 Å². The zero-order valence-electron chi connectivity index (χ0n) is 15.4. The highest BCUT2D eigenvalue weighted by Crippen LogP contribution is 2.26. The first-order valence-corrected chi connectivity index (χ1v) is 9.77. The number of benzene rings is 2. The van der Waals surface area contributed by atoms with Crippen LogP contribution in [-0.2, 0) is 11.3 Å². The molecule has 4 rings (SSSR count). The Morgan fingerprint density at radius 1 is 1.21 bits per heavy atom. The van der Waals surface area contributed by atoms with Crippen molar-refractivity contribution in [3.63, 3.8) is 0 Å². The summed E-state index contributed by atoms with van der Waals surface area (Å²) in [6.07, 6.45) is 0. The predicted molar refractivity (Wildman–Crippen MR) is 107 cm³/mol. The summed E-state index contributed by atoms with van der Waals surface area (Å²) in [5.41, 5.74) is 2.29. The average Bonchev–Trinajstić information content (AvgIpc) is 3.29. The van der Waals surface area contributed by atoms with E-state index in [4.69, 9.17) is 4.52 Å². The fourth-order valence-corrected chi connectivity index (χ4v) is 3.64. The Morgan fingerprint density at radius 3 is 2.76 bits per heavy atom. The van der Waals surface area contributed by atoms with Crippen molar-refractivity contribution in [3.05, 3.63) is 65.5 Å². The van der Waals surface area contributed by atoms with Crippen LogP contribution in [0.4, 0.5) is 10.5 Å². The Balaban J connectivity index is 1.54. The van der Waals surface area contributed by atoms with Gasteiger partial charge in [-0.3, -0.25) is 19.3 Å². The monoisotopic (exact) mass is 408 g/mol. The summed E-state index contributed by atoms with van der Waals surface area (Å²) in [7, 11) is 0. The number of aryl methyl sites for hydroxylation is 1. The van der Waals surface area contributed by atoms with Gasteiger partial charge in [-0.15, -0.1) is 0 Å². The number of amides is 3. The lowest BCUT2D eigenvalue weighted by Gasteiger charge is -2.14. The van der Waals surface area contributed by atoms with Crippen LogP contribution >= 0.6 is 11.8 Å². The second-order valence-corrected chi connectivity index (χ2v) is 7.30. The molecule has 1 N–H and O–H groups in total. The Morgan fingerprint density at radius 2 is 2.03 bits per heavy atom. The average molecular weight is 408 g/mol. The number of imide groups is 1. The van der Waals surface area contributed by atoms with Gasteiger partial charge < -0.3 is 9.84 Å². The molecule has 0 atom stereocenters. The number of carbonyl (C=O) groups is 3. The molecule has 3 amide bonds. The van der Waals surface area contributed by atoms with Crippen LogP contribution in [0.25, 0.3) is 11.4 Å². The SMILES string of the molecule is Cc1nc(-c2ccccc2NC(=O)c2cccc(CN3C(=O)CSC3=O)c2)no1. The maximum absolute atomic E-state index is 12.8. The minimum absolute atomic E-state index is 0.143. The van der Waals surface area contributed by atoms with Gasteiger partial charge >= 0.3 is 0 Å². The highest BCUT2D eigenvalue weighted by atomic mass is 32.2. The van der Waals surface area contributed by atoms with E-state index < -0.39 is 0 Å². The topological polar surface area (TPSA) is 105 Å². The summed E-state index contributed by atoms with van der Waals surface area (Å²) in [5, 5.41) is 6.50. The first kappa shape index (κ1) is 18.9. The molecule has 0 spiro atoms. The van der Waals surface area contributed by atoms with E-state index in [9.17, 15) is 14.4 Å². The minimum atomic E-state index is -0.326. The molecule has 3 aromatic rings. The van der Waals surface area contributed by atoms with E-state index in [-0.39, 0.29) is 29.4 Å². The summed E-state index contributed by atoms with van der Waals surface area (Å²) in [6, 6.07) is 14.0. The zero-order chi connectivity index (χ0) is 20.4. The molecule has 1 aliphatic rings. The van der Waals surface area contributed by atoms with Gasteiger partial charge in [-0.2, -0.15) is 4.98 Å². The molecular weight excluding hydrogens is 392 g/mol. The van der Waals surface area contributed by atoms with Crippen molar-refractivity contribution in [2.45, 2.75) is 13.5 Å². The fourth-order valence-electron chi connectivity index (χ4n) is 2.92. The summed E-state index contributed by atoms with van der Waals surface area (Å²) in [4.78, 5) is 41.8. The second kappa shape index (κ2) is 7.88. The molecule has 0 radical (unpaired) electrons. The zero-order valence-corrected chi connectivity index (χ0v) is 16.2. The molecule has 29 heavy (non-hydrogen) atoms. The van der Waals surface area contributed by atoms with Gasteiger partial charge in [-0.05, 0) is 29.8 Å². The van der Waals surface area contributed by atoms with Crippen molar-refractivity contribution in [2.24, 2.45) is 0 Å². The summed E-state index contributed by atoms with van der Waals surface area (Å²) >= 11 is 0.985. The maximum Gasteiger partial charge on any atom is 0.289 e. The van der Waals surface area contributed by atoms with E-state index in [0.29, 0.717) is 34.1 Å². The standard InChI is InChI=1S/C20H16N4O4S/c1-12-21-18(23-28-12)15-7-2-3-8-16(15)22-19(26)14-6-4-5-13(9-14)10-24-17(25)11-29-20(24)27/h2-9H,10-11H2,1H3,(H,22,26). The van der Waals surface area contributed by atoms with Gasteiger partial charge in [0.1, 0.15) is 0 Å². The van der Waals surface area contributed by atoms with Gasteiger partial charge in [0.15, 0.2) is 0 Å². The van der Waals surface area contributed by atoms with E-state index in [2.05, 4.69) is 15.5 Å². The summed E-state index contributed by atoms with van der Waals surface area (Å²) in [6.45, 7) is 1.84. The normalized spacial score (nSPS) is 13.8. The van der Waals surface area contributed by atoms with E-state index in [0.717, 1.165) is 11.8 Å². The number of thioether (sulfide) groups is 1. The molecule has 1 saturated heterocycles. The summed E-state index contributed by atoms with van der Waals surface area (Å²) < 4.78 is 5.02. The van der Waals surface area contributed by atoms with Crippen LogP contribution in [-0.4, -0.2) is 37.8 Å². The van der Waals surface area contributed by atoms with Crippen LogP contribution in [0.3, 0.4) is 0 Å². The van der Waals surface area contributed by atoms with Crippen molar-refractivity contribution < 1.29 is 18.9 Å². The highest BCUT2D eigenvalue weighted by molar-refractivity contribution is 8.14. The maximum atomic E-state index is 12.8. The Labute approximate surface area is 170 Å². The first-order valence-electron chi connectivity index (χ1n) is 8.78. The Bertz CT molecular complexity index is 1100. The number of hydrogen-bond donors (Lipinski definition) is 1. The van der Waals surface area contributed by atoms with Crippen LogP contribution in [0.1, 0.15) is 21.8 Å². The number of hydrogen-bond acceptors (Lipinski definition) is 7. The molecule has 9 heteroatoms. The largest absolute Gasteiger partial charge is 0.339 e. The van der Waals surface area contributed by atoms with Crippen LogP contribution in [0.2, 0.25) is 0 Å². The molecular formula is C20H16N4O4S. The Kier molecular flexibility index (Phi) is 5.13. The molecule has 146 valence electrons. The van der Waals surface area contributed by atoms with Crippen LogP contribution in [0, 0.1) is 6.92 Å². The molecule has 0 saturated carbocycles. The number of carbonyl (C=O) groups excluding carboxylic acids is 3. The second-order valence-electron chi connectivity index (χ2n) is 6.37. The number of anilines is 1. The third-order valence-corrected chi connectivity index (χ3v) is 5.17. The van der Waals surface area contributed by atoms with Gasteiger partial charge in [-0.1, -0.05) is 41.2 Å². The van der Waals surface area contributed by atoms with E-state index in [1.54, 1.807) is 49.4 Å². The number of nitrogens with one attached hydrogen (secondary N) is 1. The molecule has 1 aliphatic heterocycles. The molecule has 1 fully saturated rings. The van der Waals surface area contributed by atoms with Gasteiger partial charge in [0, 0.05) is 18.1 Å². The number of nitrogens with zero attached hydrogens (tertiary/aromatic N) is 3. The van der Waals surface area contributed by atoms with Crippen molar-refractivity contribution >= 4 is 34.5 Å². The highest BCUT2D eigenvalue weighted by Gasteiger charge is 2.29. The van der Waals surface area contributed by atoms with Crippen molar-refractivity contribution in [2.75, 3.05) is 11.1 Å². The van der Waals surface area contributed by atoms with Crippen molar-refractivity contribution in [3.8, 4) is 11.4 Å². The van der Waals surface area contributed by atoms with E-state index in [1.165, 1.54) is 4.90 Å². The molecule has 0 unspecified atom stereocenters. The van der Waals surface area contributed by atoms with Crippen molar-refractivity contribution in [1.82, 2.24) is 15.0 Å². The third kappa shape index (κ3) is 4.04. The molecule has 2 aromatic carbocycles. The van der Waals surface area contributed by atoms with Crippen LogP contribution in [0.5, 0.6) is 0 Å². The lowest BCUT2D eigenvalue weighted by Crippen LogP contribution is -2.28. The first-order chi connectivity index (χ1) is 14.0. The summed E-state index contributed by atoms with van der Waals surface area (Å²) in [5.74, 6) is 0.423. The number of aromatic nitrogens is 2. The van der Waals surface area contributed by atoms with Crippen LogP contribution in [0.15, 0.2) is 53.1 Å². The molecule has 1 aromatic heterocycles. The quantitative estimate of drug-likeness (QED) is 0.689. The lowest BCUT2D eigenvalue weighted by atomic mass is 10.1. The third-order valence-electron chi connectivity index (χ3n) is 4.31. The van der Waals surface area contributed by atoms with Gasteiger partial charge in [0.05, 0.1) is 18.0 Å². The molecule has 0 bridgehead atoms. The van der Waals surface area contributed by atoms with Crippen LogP contribution < -0.4 is 5.32 Å². The number of rotatable bonds is 5. The smallest absolute Gasteiger partial charge is 0.289 e. The minimum Gasteiger partial charge on any atom is -0.339 e. The van der Waals surface area contributed by atoms with E-state index in [1.807, 2.05) is 6.07 Å². The van der Waals surface area contributed by atoms with Gasteiger partial charge in [0.2, 0.25) is 17.6 Å². The molecule has 8 nitrogen and oxygen atoms in total. The van der Waals surface area contributed by atoms with Gasteiger partial charge in [-0.25, -0.2) is 0 Å². The predicted octanol–water partition coefficient (Wildman–Crippen LogP) is 3.49. The van der Waals surface area contributed by atoms with Crippen molar-refractivity contribution in [1.29, 1.82) is 0 Å². The molecule has 2 heterocycles. The lowest BCUT2D eigenvalue weighted by molar-refractivity contribution is -0.125.